The fourth-order valence-corrected chi connectivity index (χ4v) is 4.54. The van der Waals surface area contributed by atoms with Crippen molar-refractivity contribution in [2.24, 2.45) is 23.2 Å². The van der Waals surface area contributed by atoms with Gasteiger partial charge in [-0.1, -0.05) is 6.92 Å². The Bertz CT molecular complexity index is 225. The van der Waals surface area contributed by atoms with Crippen molar-refractivity contribution in [1.82, 2.24) is 0 Å². The van der Waals surface area contributed by atoms with Crippen molar-refractivity contribution in [1.29, 1.82) is 0 Å². The molecule has 4 fully saturated rings. The lowest BCUT2D eigenvalue weighted by Crippen LogP contribution is -2.44. The Morgan fingerprint density at radius 2 is 1.40 bits per heavy atom. The van der Waals surface area contributed by atoms with E-state index in [0.717, 1.165) is 23.2 Å². The smallest absolute Gasteiger partial charge is 0.291 e. The van der Waals surface area contributed by atoms with E-state index in [1.165, 1.54) is 0 Å². The molecule has 1 N–H and O–H groups in total. The van der Waals surface area contributed by atoms with Crippen molar-refractivity contribution in [2.45, 2.75) is 45.4 Å². The van der Waals surface area contributed by atoms with Gasteiger partial charge in [-0.25, -0.2) is 0 Å². The van der Waals surface area contributed by atoms with Gasteiger partial charge in [-0.3, -0.25) is 0 Å². The maximum absolute atomic E-state index is 8.36. The van der Waals surface area contributed by atoms with Gasteiger partial charge in [-0.15, -0.1) is 10.1 Å². The van der Waals surface area contributed by atoms with Gasteiger partial charge in [0.05, 0.1) is 0 Å². The Morgan fingerprint density at radius 3 is 1.60 bits per heavy atom. The van der Waals surface area contributed by atoms with Crippen LogP contribution in [0.5, 0.6) is 0 Å². The van der Waals surface area contributed by atoms with Gasteiger partial charge < -0.3 is 5.21 Å². The molecule has 0 heterocycles. The molecule has 4 aliphatic carbocycles. The predicted octanol–water partition coefficient (Wildman–Crippen LogP) is 2.88. The third-order valence-electron chi connectivity index (χ3n) is 4.34. The highest BCUT2D eigenvalue weighted by Gasteiger charge is 2.48. The van der Waals surface area contributed by atoms with E-state index in [1.54, 1.807) is 38.5 Å². The van der Waals surface area contributed by atoms with Gasteiger partial charge in [0.2, 0.25) is 0 Å². The summed E-state index contributed by atoms with van der Waals surface area (Å²) in [7, 11) is 0. The number of nitrogens with zero attached hydrogens (tertiary/aromatic N) is 1. The second-order valence-corrected chi connectivity index (χ2v) is 5.97. The Balaban J connectivity index is 0.000000188. The van der Waals surface area contributed by atoms with E-state index >= 15 is 0 Å². The standard InChI is InChI=1S/C11H18.HNO3/c1-11-5-8-2-9(6-11)4-10(3-8)7-11;2-1(3)4/h8-10H,2-7H2,1H3;(H,2,3,4). The summed E-state index contributed by atoms with van der Waals surface area (Å²) in [5, 5.41) is 13.6. The van der Waals surface area contributed by atoms with Crippen molar-refractivity contribution < 1.29 is 10.3 Å². The summed E-state index contributed by atoms with van der Waals surface area (Å²) < 4.78 is 0. The molecule has 4 bridgehead atoms. The van der Waals surface area contributed by atoms with Crippen LogP contribution in [0, 0.1) is 33.3 Å². The van der Waals surface area contributed by atoms with Crippen LogP contribution in [-0.2, 0) is 0 Å². The molecule has 4 rings (SSSR count). The summed E-state index contributed by atoms with van der Waals surface area (Å²) in [6, 6.07) is 0. The number of rotatable bonds is 0. The van der Waals surface area contributed by atoms with E-state index in [1.807, 2.05) is 0 Å². The lowest BCUT2D eigenvalue weighted by molar-refractivity contribution is -0.742. The van der Waals surface area contributed by atoms with E-state index < -0.39 is 5.09 Å². The third-order valence-corrected chi connectivity index (χ3v) is 4.34. The summed E-state index contributed by atoms with van der Waals surface area (Å²) in [5.74, 6) is 3.43. The van der Waals surface area contributed by atoms with Crippen LogP contribution in [-0.4, -0.2) is 10.3 Å². The van der Waals surface area contributed by atoms with Crippen molar-refractivity contribution in [3.8, 4) is 0 Å². The van der Waals surface area contributed by atoms with Crippen molar-refractivity contribution in [3.63, 3.8) is 0 Å². The fourth-order valence-electron chi connectivity index (χ4n) is 4.54. The first-order chi connectivity index (χ1) is 6.97. The summed E-state index contributed by atoms with van der Waals surface area (Å²) in [6.45, 7) is 2.54. The molecule has 15 heavy (non-hydrogen) atoms. The molecule has 0 aromatic heterocycles. The molecule has 0 amide bonds. The highest BCUT2D eigenvalue weighted by Crippen LogP contribution is 2.59. The topological polar surface area (TPSA) is 63.4 Å². The molecule has 4 nitrogen and oxygen atoms in total. The van der Waals surface area contributed by atoms with Gasteiger partial charge in [-0.2, -0.15) is 0 Å². The monoisotopic (exact) mass is 213 g/mol. The zero-order valence-corrected chi connectivity index (χ0v) is 9.19. The second-order valence-electron chi connectivity index (χ2n) is 5.97. The lowest BCUT2D eigenvalue weighted by atomic mass is 9.50. The minimum Gasteiger partial charge on any atom is -0.328 e. The highest BCUT2D eigenvalue weighted by molar-refractivity contribution is 4.99. The molecule has 0 aliphatic heterocycles. The molecule has 0 atom stereocenters. The quantitative estimate of drug-likeness (QED) is 0.497. The summed E-state index contributed by atoms with van der Waals surface area (Å²) in [5.41, 5.74) is 0.800. The van der Waals surface area contributed by atoms with Crippen LogP contribution >= 0.6 is 0 Å². The molecular formula is C11H19NO3. The Morgan fingerprint density at radius 1 is 1.13 bits per heavy atom. The molecule has 0 radical (unpaired) electrons. The Hall–Kier alpha value is -0.800. The fraction of sp³-hybridized carbons (Fsp3) is 1.00. The molecule has 0 spiro atoms. The van der Waals surface area contributed by atoms with Crippen LogP contribution in [0.1, 0.15) is 45.4 Å². The van der Waals surface area contributed by atoms with Crippen LogP contribution in [0.4, 0.5) is 0 Å². The molecule has 0 saturated heterocycles. The second kappa shape index (κ2) is 3.65. The van der Waals surface area contributed by atoms with E-state index in [0.29, 0.717) is 0 Å². The number of hydrogen-bond acceptors (Lipinski definition) is 2. The highest BCUT2D eigenvalue weighted by atomic mass is 16.9. The van der Waals surface area contributed by atoms with Crippen LogP contribution in [0.15, 0.2) is 0 Å². The molecule has 86 valence electrons. The third kappa shape index (κ3) is 2.41. The summed E-state index contributed by atoms with van der Waals surface area (Å²) in [4.78, 5) is 8.36. The lowest BCUT2D eigenvalue weighted by Gasteiger charge is -2.55. The largest absolute Gasteiger partial charge is 0.328 e. The first-order valence-electron chi connectivity index (χ1n) is 5.80. The zero-order chi connectivity index (χ0) is 11.1. The van der Waals surface area contributed by atoms with E-state index in [2.05, 4.69) is 6.92 Å². The van der Waals surface area contributed by atoms with Crippen molar-refractivity contribution in [2.75, 3.05) is 0 Å². The van der Waals surface area contributed by atoms with Gasteiger partial charge in [0.25, 0.3) is 5.09 Å². The Labute approximate surface area is 89.8 Å². The normalized spacial score (nSPS) is 45.8. The molecular weight excluding hydrogens is 194 g/mol. The average molecular weight is 213 g/mol. The molecule has 4 aliphatic rings. The molecule has 0 aromatic rings. The average Bonchev–Trinajstić information content (AvgIpc) is 1.96. The SMILES string of the molecule is CC12CC3CC(CC(C3)C1)C2.O=[N+]([O-])O. The maximum atomic E-state index is 8.36. The van der Waals surface area contributed by atoms with Gasteiger partial charge in [0, 0.05) is 0 Å². The predicted molar refractivity (Wildman–Crippen MR) is 55.1 cm³/mol. The van der Waals surface area contributed by atoms with Crippen LogP contribution < -0.4 is 0 Å². The minimum atomic E-state index is -1.50. The van der Waals surface area contributed by atoms with Gasteiger partial charge in [-0.05, 0) is 61.7 Å². The van der Waals surface area contributed by atoms with Crippen LogP contribution in [0.2, 0.25) is 0 Å². The first-order valence-corrected chi connectivity index (χ1v) is 5.80. The van der Waals surface area contributed by atoms with E-state index in [-0.39, 0.29) is 0 Å². The number of hydrogen-bond donors (Lipinski definition) is 1. The van der Waals surface area contributed by atoms with Crippen LogP contribution in [0.3, 0.4) is 0 Å². The van der Waals surface area contributed by atoms with E-state index in [4.69, 9.17) is 15.3 Å². The summed E-state index contributed by atoms with van der Waals surface area (Å²) >= 11 is 0. The zero-order valence-electron chi connectivity index (χ0n) is 9.19. The first kappa shape index (κ1) is 10.7. The van der Waals surface area contributed by atoms with Gasteiger partial charge >= 0.3 is 0 Å². The molecule has 0 unspecified atom stereocenters. The van der Waals surface area contributed by atoms with Gasteiger partial charge in [0.1, 0.15) is 0 Å². The molecule has 4 heteroatoms. The maximum Gasteiger partial charge on any atom is 0.291 e. The minimum absolute atomic E-state index is 0.800. The van der Waals surface area contributed by atoms with Crippen molar-refractivity contribution >= 4 is 0 Å². The van der Waals surface area contributed by atoms with Crippen LogP contribution in [0.25, 0.3) is 0 Å². The van der Waals surface area contributed by atoms with Gasteiger partial charge in [0.15, 0.2) is 0 Å². The molecule has 4 saturated carbocycles. The van der Waals surface area contributed by atoms with Crippen molar-refractivity contribution in [3.05, 3.63) is 10.1 Å². The molecule has 0 aromatic carbocycles. The summed E-state index contributed by atoms with van der Waals surface area (Å²) in [6.07, 6.45) is 9.48. The van der Waals surface area contributed by atoms with E-state index in [9.17, 15) is 0 Å². The Kier molecular flexibility index (Phi) is 2.61.